The van der Waals surface area contributed by atoms with Gasteiger partial charge in [-0.1, -0.05) is 81.5 Å². The molecule has 0 atom stereocenters. The van der Waals surface area contributed by atoms with Gasteiger partial charge in [-0.15, -0.1) is 0 Å². The van der Waals surface area contributed by atoms with Crippen LogP contribution >= 0.6 is 0 Å². The number of fused-ring (bicyclic) bond motifs is 2. The van der Waals surface area contributed by atoms with Gasteiger partial charge in [-0.05, 0) is 58.5 Å². The lowest BCUT2D eigenvalue weighted by Gasteiger charge is -2.16. The third kappa shape index (κ3) is 7.57. The molecule has 31 heavy (non-hydrogen) atoms. The lowest BCUT2D eigenvalue weighted by atomic mass is 10.00. The Kier molecular flexibility index (Phi) is 9.27. The SMILES string of the molecule is CCCCCCCC(F)(F)CCCCCOCc1cccc2cc3ccccc3cc12. The van der Waals surface area contributed by atoms with E-state index in [1.807, 2.05) is 0 Å². The summed E-state index contributed by atoms with van der Waals surface area (Å²) in [6.07, 6.45) is 7.23. The van der Waals surface area contributed by atoms with E-state index in [0.717, 1.165) is 38.5 Å². The molecule has 3 heteroatoms. The Balaban J connectivity index is 1.36. The highest BCUT2D eigenvalue weighted by Gasteiger charge is 2.26. The Labute approximate surface area is 185 Å². The molecule has 3 aromatic rings. The Morgan fingerprint density at radius 1 is 0.710 bits per heavy atom. The van der Waals surface area contributed by atoms with Crippen molar-refractivity contribution < 1.29 is 13.5 Å². The highest BCUT2D eigenvalue weighted by molar-refractivity contribution is 5.99. The Bertz CT molecular complexity index is 935. The van der Waals surface area contributed by atoms with E-state index in [2.05, 4.69) is 61.5 Å². The van der Waals surface area contributed by atoms with Crippen molar-refractivity contribution in [3.8, 4) is 0 Å². The van der Waals surface area contributed by atoms with Gasteiger partial charge in [-0.25, -0.2) is 8.78 Å². The zero-order valence-electron chi connectivity index (χ0n) is 18.8. The number of unbranched alkanes of at least 4 members (excludes halogenated alkanes) is 6. The van der Waals surface area contributed by atoms with Crippen molar-refractivity contribution in [2.24, 2.45) is 0 Å². The zero-order valence-corrected chi connectivity index (χ0v) is 18.8. The first-order chi connectivity index (χ1) is 15.1. The van der Waals surface area contributed by atoms with Crippen molar-refractivity contribution in [3.05, 3.63) is 60.2 Å². The molecule has 0 amide bonds. The largest absolute Gasteiger partial charge is 0.377 e. The molecule has 3 rings (SSSR count). The van der Waals surface area contributed by atoms with E-state index >= 15 is 0 Å². The molecule has 0 unspecified atom stereocenters. The van der Waals surface area contributed by atoms with Gasteiger partial charge in [0, 0.05) is 19.4 Å². The molecule has 0 spiro atoms. The molecule has 0 aliphatic carbocycles. The third-order valence-electron chi connectivity index (χ3n) is 6.07. The summed E-state index contributed by atoms with van der Waals surface area (Å²) >= 11 is 0. The third-order valence-corrected chi connectivity index (χ3v) is 6.07. The highest BCUT2D eigenvalue weighted by Crippen LogP contribution is 2.29. The van der Waals surface area contributed by atoms with Crippen molar-refractivity contribution in [2.75, 3.05) is 6.61 Å². The molecule has 0 bridgehead atoms. The van der Waals surface area contributed by atoms with Crippen LogP contribution in [0.5, 0.6) is 0 Å². The topological polar surface area (TPSA) is 9.23 Å². The molecule has 0 fully saturated rings. The predicted octanol–water partition coefficient (Wildman–Crippen LogP) is 9.07. The van der Waals surface area contributed by atoms with Gasteiger partial charge in [-0.3, -0.25) is 0 Å². The average molecular weight is 427 g/mol. The van der Waals surface area contributed by atoms with Crippen LogP contribution in [0.25, 0.3) is 21.5 Å². The zero-order chi connectivity index (χ0) is 21.9. The molecule has 0 saturated carbocycles. The summed E-state index contributed by atoms with van der Waals surface area (Å²) in [7, 11) is 0. The van der Waals surface area contributed by atoms with Gasteiger partial charge >= 0.3 is 0 Å². The van der Waals surface area contributed by atoms with Gasteiger partial charge in [0.05, 0.1) is 6.61 Å². The molecule has 0 radical (unpaired) electrons. The van der Waals surface area contributed by atoms with Crippen LogP contribution in [0.2, 0.25) is 0 Å². The first-order valence-corrected chi connectivity index (χ1v) is 11.9. The Morgan fingerprint density at radius 2 is 1.35 bits per heavy atom. The predicted molar refractivity (Wildman–Crippen MR) is 128 cm³/mol. The molecule has 3 aromatic carbocycles. The van der Waals surface area contributed by atoms with E-state index in [-0.39, 0.29) is 12.8 Å². The van der Waals surface area contributed by atoms with Crippen molar-refractivity contribution in [2.45, 2.75) is 83.7 Å². The van der Waals surface area contributed by atoms with Gasteiger partial charge in [0.2, 0.25) is 5.92 Å². The molecular weight excluding hydrogens is 390 g/mol. The molecule has 0 aliphatic heterocycles. The summed E-state index contributed by atoms with van der Waals surface area (Å²) in [4.78, 5) is 0. The molecule has 0 saturated heterocycles. The molecule has 0 aromatic heterocycles. The molecule has 0 N–H and O–H groups in total. The van der Waals surface area contributed by atoms with E-state index in [1.54, 1.807) is 0 Å². The van der Waals surface area contributed by atoms with Crippen molar-refractivity contribution in [3.63, 3.8) is 0 Å². The maximum atomic E-state index is 14.0. The second-order valence-electron chi connectivity index (χ2n) is 8.72. The second kappa shape index (κ2) is 12.1. The van der Waals surface area contributed by atoms with Crippen LogP contribution in [-0.4, -0.2) is 12.5 Å². The van der Waals surface area contributed by atoms with E-state index in [1.165, 1.54) is 27.1 Å². The normalized spacial score (nSPS) is 12.1. The second-order valence-corrected chi connectivity index (χ2v) is 8.72. The number of halogens is 2. The van der Waals surface area contributed by atoms with Gasteiger partial charge in [0.1, 0.15) is 0 Å². The number of benzene rings is 3. The number of alkyl halides is 2. The first kappa shape index (κ1) is 23.7. The minimum Gasteiger partial charge on any atom is -0.377 e. The van der Waals surface area contributed by atoms with E-state index < -0.39 is 5.92 Å². The van der Waals surface area contributed by atoms with Crippen LogP contribution in [-0.2, 0) is 11.3 Å². The van der Waals surface area contributed by atoms with Crippen LogP contribution in [0.4, 0.5) is 8.78 Å². The van der Waals surface area contributed by atoms with Gasteiger partial charge in [0.25, 0.3) is 0 Å². The number of hydrogen-bond acceptors (Lipinski definition) is 1. The van der Waals surface area contributed by atoms with Crippen LogP contribution < -0.4 is 0 Å². The van der Waals surface area contributed by atoms with E-state index in [4.69, 9.17) is 4.74 Å². The molecular formula is C28H36F2O. The van der Waals surface area contributed by atoms with Crippen molar-refractivity contribution in [1.82, 2.24) is 0 Å². The van der Waals surface area contributed by atoms with Crippen LogP contribution in [0.15, 0.2) is 54.6 Å². The van der Waals surface area contributed by atoms with Gasteiger partial charge < -0.3 is 4.74 Å². The van der Waals surface area contributed by atoms with Crippen LogP contribution in [0.3, 0.4) is 0 Å². The van der Waals surface area contributed by atoms with Gasteiger partial charge in [-0.2, -0.15) is 0 Å². The molecule has 168 valence electrons. The smallest absolute Gasteiger partial charge is 0.248 e. The summed E-state index contributed by atoms with van der Waals surface area (Å²) in [6.45, 7) is 3.32. The summed E-state index contributed by atoms with van der Waals surface area (Å²) in [5, 5.41) is 4.91. The molecule has 1 nitrogen and oxygen atoms in total. The first-order valence-electron chi connectivity index (χ1n) is 11.9. The van der Waals surface area contributed by atoms with E-state index in [9.17, 15) is 8.78 Å². The maximum Gasteiger partial charge on any atom is 0.248 e. The molecule has 0 aliphatic rings. The van der Waals surface area contributed by atoms with Crippen molar-refractivity contribution in [1.29, 1.82) is 0 Å². The van der Waals surface area contributed by atoms with Crippen LogP contribution in [0.1, 0.15) is 76.7 Å². The number of rotatable bonds is 14. The van der Waals surface area contributed by atoms with Crippen molar-refractivity contribution >= 4 is 21.5 Å². The lowest BCUT2D eigenvalue weighted by Crippen LogP contribution is -2.15. The van der Waals surface area contributed by atoms with E-state index in [0.29, 0.717) is 26.1 Å². The quantitative estimate of drug-likeness (QED) is 0.184. The number of hydrogen-bond donors (Lipinski definition) is 0. The lowest BCUT2D eigenvalue weighted by molar-refractivity contribution is -0.0211. The van der Waals surface area contributed by atoms with Crippen LogP contribution in [0, 0.1) is 0 Å². The fraction of sp³-hybridized carbons (Fsp3) is 0.500. The number of ether oxygens (including phenoxy) is 1. The average Bonchev–Trinajstić information content (AvgIpc) is 2.77. The summed E-state index contributed by atoms with van der Waals surface area (Å²) < 4.78 is 33.8. The van der Waals surface area contributed by atoms with Gasteiger partial charge in [0.15, 0.2) is 0 Å². The monoisotopic (exact) mass is 426 g/mol. The fourth-order valence-electron chi connectivity index (χ4n) is 4.22. The maximum absolute atomic E-state index is 14.0. The standard InChI is InChI=1S/C28H36F2O/c1-2-3-4-5-9-17-28(29,30)18-10-6-11-19-31-22-26-16-12-15-25-20-23-13-7-8-14-24(23)21-27(25)26/h7-8,12-16,20-21H,2-6,9-11,17-19,22H2,1H3. The summed E-state index contributed by atoms with van der Waals surface area (Å²) in [6, 6.07) is 19.1. The minimum atomic E-state index is -2.50. The summed E-state index contributed by atoms with van der Waals surface area (Å²) in [5.41, 5.74) is 1.18. The Hall–Kier alpha value is -2.00. The highest BCUT2D eigenvalue weighted by atomic mass is 19.3. The minimum absolute atomic E-state index is 0.0111. The summed E-state index contributed by atoms with van der Waals surface area (Å²) in [5.74, 6) is -2.50. The molecule has 0 heterocycles. The fourth-order valence-corrected chi connectivity index (χ4v) is 4.22. The Morgan fingerprint density at radius 3 is 2.10 bits per heavy atom.